The molecule has 168 valence electrons. The third-order valence-corrected chi connectivity index (χ3v) is 4.86. The number of fused-ring (bicyclic) bond motifs is 1. The number of aromatic amines is 2. The number of benzene rings is 1. The van der Waals surface area contributed by atoms with E-state index in [1.165, 1.54) is 4.52 Å². The van der Waals surface area contributed by atoms with Gasteiger partial charge in [-0.25, -0.2) is 0 Å². The zero-order valence-electron chi connectivity index (χ0n) is 18.4. The second-order valence-corrected chi connectivity index (χ2v) is 6.91. The van der Waals surface area contributed by atoms with Crippen molar-refractivity contribution in [1.82, 2.24) is 24.8 Å². The fraction of sp³-hybridized carbons (Fsp3) is 0.273. The monoisotopic (exact) mass is 446 g/mol. The van der Waals surface area contributed by atoms with Gasteiger partial charge in [-0.05, 0) is 31.9 Å². The van der Waals surface area contributed by atoms with E-state index < -0.39 is 5.56 Å². The summed E-state index contributed by atoms with van der Waals surface area (Å²) in [5, 5.41) is 28.9. The fourth-order valence-electron chi connectivity index (χ4n) is 3.28. The summed E-state index contributed by atoms with van der Waals surface area (Å²) in [5.41, 5.74) is 1.27. The van der Waals surface area contributed by atoms with Crippen molar-refractivity contribution in [2.45, 2.75) is 33.6 Å². The van der Waals surface area contributed by atoms with Crippen LogP contribution in [-0.4, -0.2) is 31.4 Å². The minimum atomic E-state index is -0.542. The van der Waals surface area contributed by atoms with E-state index in [9.17, 15) is 10.1 Å². The van der Waals surface area contributed by atoms with E-state index in [2.05, 4.69) is 36.6 Å². The van der Waals surface area contributed by atoms with Crippen molar-refractivity contribution in [3.8, 4) is 23.4 Å². The van der Waals surface area contributed by atoms with Crippen LogP contribution in [0.5, 0.6) is 17.4 Å². The van der Waals surface area contributed by atoms with Crippen LogP contribution in [0.3, 0.4) is 0 Å². The van der Waals surface area contributed by atoms with Crippen LogP contribution in [0.1, 0.15) is 37.7 Å². The maximum atomic E-state index is 13.0. The third kappa shape index (κ3) is 4.06. The summed E-state index contributed by atoms with van der Waals surface area (Å²) in [6.07, 6.45) is 1.15. The Morgan fingerprint density at radius 1 is 1.15 bits per heavy atom. The molecule has 0 unspecified atom stereocenters. The Kier molecular flexibility index (Phi) is 6.17. The van der Waals surface area contributed by atoms with Gasteiger partial charge in [0.25, 0.3) is 11.4 Å². The Labute approximate surface area is 188 Å². The molecule has 1 aromatic carbocycles. The predicted octanol–water partition coefficient (Wildman–Crippen LogP) is 4.35. The second-order valence-electron chi connectivity index (χ2n) is 6.91. The largest absolute Gasteiger partial charge is 0.476 e. The number of nitriles is 1. The summed E-state index contributed by atoms with van der Waals surface area (Å²) in [5.74, 6) is 1.25. The summed E-state index contributed by atoms with van der Waals surface area (Å²) >= 11 is 0. The quantitative estimate of drug-likeness (QED) is 0.385. The molecule has 11 heteroatoms. The minimum Gasteiger partial charge on any atom is -0.476 e. The topological polar surface area (TPSA) is 146 Å². The summed E-state index contributed by atoms with van der Waals surface area (Å²) in [4.78, 5) is 15.8. The number of ether oxygens (including phenoxy) is 2. The molecule has 0 saturated carbocycles. The highest BCUT2D eigenvalue weighted by molar-refractivity contribution is 5.63. The Morgan fingerprint density at radius 3 is 2.61 bits per heavy atom. The molecule has 2 N–H and O–H groups in total. The molecular formula is C22H22N8O3. The third-order valence-electron chi connectivity index (χ3n) is 4.86. The Bertz CT molecular complexity index is 1410. The van der Waals surface area contributed by atoms with Crippen LogP contribution in [-0.2, 0) is 12.8 Å². The van der Waals surface area contributed by atoms with Crippen LogP contribution in [0.15, 0.2) is 45.4 Å². The van der Waals surface area contributed by atoms with E-state index in [0.717, 1.165) is 0 Å². The molecule has 0 fully saturated rings. The Morgan fingerprint density at radius 2 is 1.94 bits per heavy atom. The van der Waals surface area contributed by atoms with Crippen LogP contribution < -0.4 is 15.0 Å². The van der Waals surface area contributed by atoms with Crippen molar-refractivity contribution in [1.29, 1.82) is 5.26 Å². The molecule has 0 amide bonds. The van der Waals surface area contributed by atoms with Gasteiger partial charge in [-0.1, -0.05) is 32.0 Å². The maximum Gasteiger partial charge on any atom is 0.283 e. The second kappa shape index (κ2) is 9.35. The Hall–Kier alpha value is -4.46. The van der Waals surface area contributed by atoms with Gasteiger partial charge in [0, 0.05) is 0 Å². The van der Waals surface area contributed by atoms with Crippen LogP contribution >= 0.6 is 0 Å². The lowest BCUT2D eigenvalue weighted by Crippen LogP contribution is -2.12. The lowest BCUT2D eigenvalue weighted by molar-refractivity contribution is 0.318. The Balaban J connectivity index is 1.86. The lowest BCUT2D eigenvalue weighted by atomic mass is 10.2. The average molecular weight is 446 g/mol. The van der Waals surface area contributed by atoms with Gasteiger partial charge in [-0.15, -0.1) is 10.2 Å². The van der Waals surface area contributed by atoms with Crippen molar-refractivity contribution in [2.75, 3.05) is 6.61 Å². The van der Waals surface area contributed by atoms with Gasteiger partial charge in [-0.3, -0.25) is 9.89 Å². The summed E-state index contributed by atoms with van der Waals surface area (Å²) in [6, 6.07) is 11.3. The standard InChI is InChI=1S/C22H22N8O3/c1-4-15-14(12-23)19(27-25-15)28-26-17-21(31)24-20-18(33-13-10-8-7-9-11-13)16(5-2)29-30(20)22(17)32-6-3/h7-11H,4-6H2,1-3H3,(H,24,31)(H,25,27). The van der Waals surface area contributed by atoms with Crippen molar-refractivity contribution in [2.24, 2.45) is 10.2 Å². The number of hydrogen-bond acceptors (Lipinski definition) is 8. The van der Waals surface area contributed by atoms with E-state index in [4.69, 9.17) is 9.47 Å². The van der Waals surface area contributed by atoms with Crippen LogP contribution in [0, 0.1) is 11.3 Å². The van der Waals surface area contributed by atoms with Gasteiger partial charge in [-0.2, -0.15) is 20.0 Å². The molecule has 0 aliphatic heterocycles. The highest BCUT2D eigenvalue weighted by Crippen LogP contribution is 2.34. The van der Waals surface area contributed by atoms with Gasteiger partial charge in [0.15, 0.2) is 11.4 Å². The van der Waals surface area contributed by atoms with Crippen LogP contribution in [0.25, 0.3) is 5.65 Å². The van der Waals surface area contributed by atoms with E-state index in [1.807, 2.05) is 44.2 Å². The molecule has 11 nitrogen and oxygen atoms in total. The van der Waals surface area contributed by atoms with Gasteiger partial charge in [0.05, 0.1) is 12.3 Å². The number of nitrogens with zero attached hydrogens (tertiary/aromatic N) is 6. The van der Waals surface area contributed by atoms with E-state index in [1.54, 1.807) is 6.92 Å². The number of para-hydroxylation sites is 1. The molecule has 33 heavy (non-hydrogen) atoms. The molecule has 0 spiro atoms. The highest BCUT2D eigenvalue weighted by Gasteiger charge is 2.23. The highest BCUT2D eigenvalue weighted by atomic mass is 16.5. The van der Waals surface area contributed by atoms with Gasteiger partial charge in [0.1, 0.15) is 23.1 Å². The predicted molar refractivity (Wildman–Crippen MR) is 120 cm³/mol. The lowest BCUT2D eigenvalue weighted by Gasteiger charge is -2.08. The zero-order chi connectivity index (χ0) is 23.4. The van der Waals surface area contributed by atoms with E-state index in [0.29, 0.717) is 41.4 Å². The van der Waals surface area contributed by atoms with Gasteiger partial charge < -0.3 is 14.5 Å². The van der Waals surface area contributed by atoms with Crippen molar-refractivity contribution < 1.29 is 9.47 Å². The smallest absolute Gasteiger partial charge is 0.283 e. The normalized spacial score (nSPS) is 11.2. The van der Waals surface area contributed by atoms with Crippen molar-refractivity contribution in [3.05, 3.63) is 57.6 Å². The first kappa shape index (κ1) is 21.8. The maximum absolute atomic E-state index is 13.0. The summed E-state index contributed by atoms with van der Waals surface area (Å²) in [6.45, 7) is 5.88. The molecule has 0 saturated heterocycles. The molecule has 0 aliphatic rings. The first-order valence-corrected chi connectivity index (χ1v) is 10.5. The fourth-order valence-corrected chi connectivity index (χ4v) is 3.28. The number of aryl methyl sites for hydroxylation is 2. The number of rotatable bonds is 8. The summed E-state index contributed by atoms with van der Waals surface area (Å²) in [7, 11) is 0. The van der Waals surface area contributed by atoms with Gasteiger partial charge >= 0.3 is 0 Å². The molecule has 3 heterocycles. The SMILES string of the molecule is CCOc1c(N=Nc2n[nH]c(CC)c2C#N)c(=O)[nH]c2c(Oc3ccccc3)c(CC)nn12. The number of H-pyrrole nitrogens is 2. The number of azo groups is 1. The number of nitrogens with one attached hydrogen (secondary N) is 2. The van der Waals surface area contributed by atoms with Crippen molar-refractivity contribution in [3.63, 3.8) is 0 Å². The van der Waals surface area contributed by atoms with Crippen molar-refractivity contribution >= 4 is 17.2 Å². The van der Waals surface area contributed by atoms with E-state index in [-0.39, 0.29) is 29.6 Å². The zero-order valence-corrected chi connectivity index (χ0v) is 18.4. The van der Waals surface area contributed by atoms with Crippen LogP contribution in [0.4, 0.5) is 11.5 Å². The van der Waals surface area contributed by atoms with E-state index >= 15 is 0 Å². The molecule has 0 bridgehead atoms. The first-order chi connectivity index (χ1) is 16.1. The molecule has 4 aromatic rings. The number of hydrogen-bond donors (Lipinski definition) is 2. The molecule has 3 aromatic heterocycles. The molecule has 0 aliphatic carbocycles. The van der Waals surface area contributed by atoms with Crippen LogP contribution in [0.2, 0.25) is 0 Å². The summed E-state index contributed by atoms with van der Waals surface area (Å²) < 4.78 is 13.2. The minimum absolute atomic E-state index is 0.0919. The first-order valence-electron chi connectivity index (χ1n) is 10.5. The molecule has 0 atom stereocenters. The molecular weight excluding hydrogens is 424 g/mol. The number of aromatic nitrogens is 5. The molecule has 0 radical (unpaired) electrons. The van der Waals surface area contributed by atoms with Gasteiger partial charge in [0.2, 0.25) is 11.5 Å². The average Bonchev–Trinajstić information content (AvgIpc) is 3.39. The molecule has 4 rings (SSSR count).